The maximum absolute atomic E-state index is 13.2. The fraction of sp³-hybridized carbons (Fsp3) is 0.304. The average Bonchev–Trinajstić information content (AvgIpc) is 2.78. The van der Waals surface area contributed by atoms with Crippen molar-refractivity contribution in [2.45, 2.75) is 19.9 Å². The maximum Gasteiger partial charge on any atom is 0.338 e. The summed E-state index contributed by atoms with van der Waals surface area (Å²) in [5.74, 6) is 0.0737. The van der Waals surface area contributed by atoms with Crippen LogP contribution in [0.3, 0.4) is 0 Å². The van der Waals surface area contributed by atoms with E-state index in [2.05, 4.69) is 5.32 Å². The number of carbonyl (C=O) groups is 2. The molecule has 0 spiro atoms. The molecule has 164 valence electrons. The lowest BCUT2D eigenvalue weighted by atomic mass is 9.94. The third-order valence-electron chi connectivity index (χ3n) is 4.87. The Kier molecular flexibility index (Phi) is 7.12. The molecule has 2 amide bonds. The Hall–Kier alpha value is -3.55. The molecule has 0 aromatic heterocycles. The lowest BCUT2D eigenvalue weighted by molar-refractivity contribution is -0.139. The summed E-state index contributed by atoms with van der Waals surface area (Å²) in [6.45, 7) is 3.95. The predicted octanol–water partition coefficient (Wildman–Crippen LogP) is 3.82. The van der Waals surface area contributed by atoms with Gasteiger partial charge in [-0.2, -0.15) is 0 Å². The van der Waals surface area contributed by atoms with Gasteiger partial charge in [0.1, 0.15) is 23.9 Å². The summed E-state index contributed by atoms with van der Waals surface area (Å²) >= 11 is 0. The van der Waals surface area contributed by atoms with Gasteiger partial charge in [-0.1, -0.05) is 12.1 Å². The van der Waals surface area contributed by atoms with Crippen molar-refractivity contribution < 1.29 is 28.2 Å². The number of urea groups is 1. The lowest BCUT2D eigenvalue weighted by Crippen LogP contribution is -2.49. The summed E-state index contributed by atoms with van der Waals surface area (Å²) in [7, 11) is 1.54. The maximum atomic E-state index is 13.2. The molecule has 1 aliphatic rings. The van der Waals surface area contributed by atoms with Gasteiger partial charge in [-0.05, 0) is 55.8 Å². The number of likely N-dealkylation sites (N-methyl/N-ethyl adjacent to an activating group) is 1. The summed E-state index contributed by atoms with van der Waals surface area (Å²) in [6, 6.07) is 11.5. The molecule has 1 heterocycles. The summed E-state index contributed by atoms with van der Waals surface area (Å²) < 4.78 is 29.6. The van der Waals surface area contributed by atoms with Crippen molar-refractivity contribution in [3.63, 3.8) is 0 Å². The highest BCUT2D eigenvalue weighted by Gasteiger charge is 2.38. The van der Waals surface area contributed by atoms with Crippen molar-refractivity contribution in [1.29, 1.82) is 0 Å². The zero-order chi connectivity index (χ0) is 22.4. The number of rotatable bonds is 8. The van der Waals surface area contributed by atoms with E-state index in [1.165, 1.54) is 29.2 Å². The molecule has 2 aromatic rings. The van der Waals surface area contributed by atoms with Crippen molar-refractivity contribution in [2.24, 2.45) is 0 Å². The minimum atomic E-state index is -0.740. The van der Waals surface area contributed by atoms with Crippen molar-refractivity contribution in [2.75, 3.05) is 26.9 Å². The predicted molar refractivity (Wildman–Crippen MR) is 112 cm³/mol. The molecule has 1 N–H and O–H groups in total. The van der Waals surface area contributed by atoms with Gasteiger partial charge in [0.2, 0.25) is 0 Å². The van der Waals surface area contributed by atoms with E-state index in [1.54, 1.807) is 45.2 Å². The van der Waals surface area contributed by atoms with Crippen molar-refractivity contribution in [1.82, 2.24) is 10.2 Å². The fourth-order valence-corrected chi connectivity index (χ4v) is 3.40. The number of halogens is 1. The summed E-state index contributed by atoms with van der Waals surface area (Å²) in [4.78, 5) is 27.3. The largest absolute Gasteiger partial charge is 0.497 e. The molecular weight excluding hydrogens is 403 g/mol. The molecule has 1 unspecified atom stereocenters. The van der Waals surface area contributed by atoms with Crippen LogP contribution in [0.15, 0.2) is 59.8 Å². The molecular formula is C23H25FN2O5. The summed E-state index contributed by atoms with van der Waals surface area (Å²) in [5.41, 5.74) is 1.34. The Balaban J connectivity index is 2.06. The lowest BCUT2D eigenvalue weighted by Gasteiger charge is -2.36. The van der Waals surface area contributed by atoms with Crippen LogP contribution in [0.2, 0.25) is 0 Å². The third kappa shape index (κ3) is 4.96. The van der Waals surface area contributed by atoms with Gasteiger partial charge in [0.15, 0.2) is 0 Å². The first-order valence-corrected chi connectivity index (χ1v) is 9.99. The van der Waals surface area contributed by atoms with E-state index in [-0.39, 0.29) is 30.6 Å². The smallest absolute Gasteiger partial charge is 0.338 e. The SMILES string of the molecule is CCOC(=O)C1=C(COc2ccc(F)cc2)N(CC)C(=O)NC1c1cccc(OC)c1. The first kappa shape index (κ1) is 22.1. The molecule has 2 aromatic carbocycles. The van der Waals surface area contributed by atoms with Crippen LogP contribution in [0.5, 0.6) is 11.5 Å². The van der Waals surface area contributed by atoms with Crippen LogP contribution >= 0.6 is 0 Å². The Bertz CT molecular complexity index is 974. The van der Waals surface area contributed by atoms with Crippen LogP contribution in [0.25, 0.3) is 0 Å². The summed E-state index contributed by atoms with van der Waals surface area (Å²) in [6.07, 6.45) is 0. The quantitative estimate of drug-likeness (QED) is 0.647. The molecule has 0 radical (unpaired) electrons. The van der Waals surface area contributed by atoms with E-state index in [4.69, 9.17) is 14.2 Å². The Labute approximate surface area is 180 Å². The van der Waals surface area contributed by atoms with Crippen LogP contribution < -0.4 is 14.8 Å². The normalized spacial score (nSPS) is 16.1. The van der Waals surface area contributed by atoms with Crippen molar-refractivity contribution in [3.05, 3.63) is 71.2 Å². The number of amides is 2. The van der Waals surface area contributed by atoms with E-state index >= 15 is 0 Å². The standard InChI is InChI=1S/C23H25FN2O5/c1-4-26-19(14-31-17-11-9-16(24)10-12-17)20(22(27)30-5-2)21(25-23(26)28)15-7-6-8-18(13-15)29-3/h6-13,21H,4-5,14H2,1-3H3,(H,25,28). The molecule has 1 atom stereocenters. The van der Waals surface area contributed by atoms with E-state index in [0.717, 1.165) is 0 Å². The highest BCUT2D eigenvalue weighted by Crippen LogP contribution is 2.33. The number of ether oxygens (including phenoxy) is 3. The van der Waals surface area contributed by atoms with Gasteiger partial charge in [-0.3, -0.25) is 4.90 Å². The minimum Gasteiger partial charge on any atom is -0.497 e. The van der Waals surface area contributed by atoms with Gasteiger partial charge in [-0.15, -0.1) is 0 Å². The number of carbonyl (C=O) groups excluding carboxylic acids is 2. The molecule has 0 fully saturated rings. The highest BCUT2D eigenvalue weighted by molar-refractivity contribution is 5.95. The van der Waals surface area contributed by atoms with Gasteiger partial charge in [0.05, 0.1) is 31.0 Å². The van der Waals surface area contributed by atoms with E-state index in [9.17, 15) is 14.0 Å². The molecule has 0 bridgehead atoms. The second kappa shape index (κ2) is 9.97. The first-order valence-electron chi connectivity index (χ1n) is 9.99. The molecule has 0 saturated carbocycles. The topological polar surface area (TPSA) is 77.1 Å². The van der Waals surface area contributed by atoms with Crippen molar-refractivity contribution >= 4 is 12.0 Å². The zero-order valence-corrected chi connectivity index (χ0v) is 17.7. The van der Waals surface area contributed by atoms with Gasteiger partial charge in [0.25, 0.3) is 0 Å². The van der Waals surface area contributed by atoms with Crippen LogP contribution in [0, 0.1) is 5.82 Å². The van der Waals surface area contributed by atoms with E-state index in [1.807, 2.05) is 0 Å². The van der Waals surface area contributed by atoms with Gasteiger partial charge >= 0.3 is 12.0 Å². The van der Waals surface area contributed by atoms with E-state index < -0.39 is 12.0 Å². The molecule has 31 heavy (non-hydrogen) atoms. The monoisotopic (exact) mass is 428 g/mol. The zero-order valence-electron chi connectivity index (χ0n) is 17.7. The Morgan fingerprint density at radius 1 is 1.13 bits per heavy atom. The molecule has 3 rings (SSSR count). The average molecular weight is 428 g/mol. The fourth-order valence-electron chi connectivity index (χ4n) is 3.40. The number of benzene rings is 2. The summed E-state index contributed by atoms with van der Waals surface area (Å²) in [5, 5.41) is 2.88. The number of nitrogens with one attached hydrogen (secondary N) is 1. The Morgan fingerprint density at radius 3 is 2.52 bits per heavy atom. The molecule has 8 heteroatoms. The minimum absolute atomic E-state index is 0.0679. The number of methoxy groups -OCH3 is 1. The third-order valence-corrected chi connectivity index (χ3v) is 4.87. The highest BCUT2D eigenvalue weighted by atomic mass is 19.1. The van der Waals surface area contributed by atoms with Gasteiger partial charge < -0.3 is 19.5 Å². The number of nitrogens with zero attached hydrogens (tertiary/aromatic N) is 1. The van der Waals surface area contributed by atoms with Crippen LogP contribution in [-0.4, -0.2) is 43.8 Å². The Morgan fingerprint density at radius 2 is 1.87 bits per heavy atom. The van der Waals surface area contributed by atoms with Gasteiger partial charge in [-0.25, -0.2) is 14.0 Å². The number of hydrogen-bond donors (Lipinski definition) is 1. The van der Waals surface area contributed by atoms with Crippen LogP contribution in [0.1, 0.15) is 25.5 Å². The second-order valence-electron chi connectivity index (χ2n) is 6.73. The molecule has 7 nitrogen and oxygen atoms in total. The number of esters is 1. The molecule has 1 aliphatic heterocycles. The number of hydrogen-bond acceptors (Lipinski definition) is 5. The van der Waals surface area contributed by atoms with Crippen LogP contribution in [-0.2, 0) is 9.53 Å². The second-order valence-corrected chi connectivity index (χ2v) is 6.73. The van der Waals surface area contributed by atoms with E-state index in [0.29, 0.717) is 29.3 Å². The first-order chi connectivity index (χ1) is 15.0. The van der Waals surface area contributed by atoms with Gasteiger partial charge in [0, 0.05) is 6.54 Å². The van der Waals surface area contributed by atoms with Crippen LogP contribution in [0.4, 0.5) is 9.18 Å². The van der Waals surface area contributed by atoms with Crippen molar-refractivity contribution in [3.8, 4) is 11.5 Å². The molecule has 0 saturated heterocycles. The molecule has 0 aliphatic carbocycles.